The van der Waals surface area contributed by atoms with E-state index in [4.69, 9.17) is 0 Å². The van der Waals surface area contributed by atoms with E-state index in [0.29, 0.717) is 10.2 Å². The molecule has 2 rings (SSSR count). The molecule has 2 aromatic heterocycles. The Morgan fingerprint density at radius 1 is 1.38 bits per heavy atom. The third-order valence-electron chi connectivity index (χ3n) is 1.75. The maximum atomic E-state index is 11.0. The average molecular weight is 235 g/mol. The Morgan fingerprint density at radius 2 is 2.25 bits per heavy atom. The van der Waals surface area contributed by atoms with Crippen molar-refractivity contribution in [2.24, 2.45) is 0 Å². The molecular weight excluding hydrogens is 226 g/mol. The maximum Gasteiger partial charge on any atom is 0.251 e. The van der Waals surface area contributed by atoms with Crippen molar-refractivity contribution in [1.29, 1.82) is 0 Å². The van der Waals surface area contributed by atoms with Crippen LogP contribution in [-0.2, 0) is 0 Å². The van der Waals surface area contributed by atoms with Gasteiger partial charge in [0.25, 0.3) is 5.56 Å². The molecule has 0 saturated heterocycles. The molecule has 0 spiro atoms. The number of rotatable bonds is 3. The van der Waals surface area contributed by atoms with Gasteiger partial charge in [-0.05, 0) is 11.8 Å². The summed E-state index contributed by atoms with van der Waals surface area (Å²) in [6, 6.07) is 3.14. The Morgan fingerprint density at radius 3 is 3.00 bits per heavy atom. The molecule has 0 aliphatic carbocycles. The Kier molecular flexibility index (Phi) is 3.16. The van der Waals surface area contributed by atoms with Crippen molar-refractivity contribution in [2.45, 2.75) is 10.2 Å². The average Bonchev–Trinajstić information content (AvgIpc) is 2.29. The van der Waals surface area contributed by atoms with Gasteiger partial charge in [-0.15, -0.1) is 0 Å². The summed E-state index contributed by atoms with van der Waals surface area (Å²) in [6.07, 6.45) is 2.91. The second kappa shape index (κ2) is 4.75. The molecule has 0 atom stereocenters. The Balaban J connectivity index is 2.23. The molecule has 0 fully saturated rings. The zero-order valence-corrected chi connectivity index (χ0v) is 9.28. The summed E-state index contributed by atoms with van der Waals surface area (Å²) < 4.78 is 0. The molecule has 0 amide bonds. The summed E-state index contributed by atoms with van der Waals surface area (Å²) in [5.74, 6) is 0.718. The van der Waals surface area contributed by atoms with E-state index >= 15 is 0 Å². The summed E-state index contributed by atoms with van der Waals surface area (Å²) in [6.45, 7) is 0. The number of H-pyrrole nitrogens is 1. The first kappa shape index (κ1) is 10.6. The van der Waals surface area contributed by atoms with E-state index in [1.54, 1.807) is 13.1 Å². The fourth-order valence-corrected chi connectivity index (χ4v) is 1.77. The zero-order valence-electron chi connectivity index (χ0n) is 8.47. The standard InChI is InChI=1S/C9H9N5OS/c1-10-6-4-8(13-5-12-6)16-9-11-3-2-7(15)14-9/h2-5H,1H3,(H,10,12,13)(H,11,14,15). The van der Waals surface area contributed by atoms with E-state index in [-0.39, 0.29) is 5.56 Å². The first-order chi connectivity index (χ1) is 7.78. The first-order valence-corrected chi connectivity index (χ1v) is 5.32. The van der Waals surface area contributed by atoms with Crippen LogP contribution in [0.25, 0.3) is 0 Å². The van der Waals surface area contributed by atoms with Gasteiger partial charge in [0.1, 0.15) is 17.2 Å². The van der Waals surface area contributed by atoms with Crippen LogP contribution in [0.3, 0.4) is 0 Å². The van der Waals surface area contributed by atoms with Gasteiger partial charge in [0, 0.05) is 25.4 Å². The monoisotopic (exact) mass is 235 g/mol. The van der Waals surface area contributed by atoms with Crippen LogP contribution >= 0.6 is 11.8 Å². The molecule has 0 aliphatic rings. The molecule has 0 aromatic carbocycles. The Bertz CT molecular complexity index is 541. The van der Waals surface area contributed by atoms with Crippen LogP contribution in [0.4, 0.5) is 5.82 Å². The normalized spacial score (nSPS) is 10.1. The van der Waals surface area contributed by atoms with Crippen LogP contribution in [0.1, 0.15) is 0 Å². The molecule has 0 radical (unpaired) electrons. The topological polar surface area (TPSA) is 83.6 Å². The van der Waals surface area contributed by atoms with Gasteiger partial charge >= 0.3 is 0 Å². The van der Waals surface area contributed by atoms with Crippen LogP contribution < -0.4 is 10.9 Å². The van der Waals surface area contributed by atoms with E-state index < -0.39 is 0 Å². The van der Waals surface area contributed by atoms with Gasteiger partial charge in [0.15, 0.2) is 5.16 Å². The highest BCUT2D eigenvalue weighted by atomic mass is 32.2. The Hall–Kier alpha value is -1.89. The number of hydrogen-bond donors (Lipinski definition) is 2. The number of nitrogens with zero attached hydrogens (tertiary/aromatic N) is 3. The van der Waals surface area contributed by atoms with Crippen molar-refractivity contribution in [2.75, 3.05) is 12.4 Å². The van der Waals surface area contributed by atoms with Crippen molar-refractivity contribution in [1.82, 2.24) is 19.9 Å². The molecule has 2 N–H and O–H groups in total. The predicted molar refractivity (Wildman–Crippen MR) is 60.6 cm³/mol. The molecule has 7 heteroatoms. The summed E-state index contributed by atoms with van der Waals surface area (Å²) in [4.78, 5) is 25.7. The molecule has 0 aliphatic heterocycles. The summed E-state index contributed by atoms with van der Waals surface area (Å²) in [7, 11) is 1.78. The second-order valence-corrected chi connectivity index (χ2v) is 3.84. The number of nitrogens with one attached hydrogen (secondary N) is 2. The number of aromatic amines is 1. The highest BCUT2D eigenvalue weighted by molar-refractivity contribution is 7.99. The number of aromatic nitrogens is 4. The third-order valence-corrected chi connectivity index (χ3v) is 2.58. The molecule has 0 unspecified atom stereocenters. The second-order valence-electron chi connectivity index (χ2n) is 2.83. The highest BCUT2D eigenvalue weighted by Crippen LogP contribution is 2.22. The first-order valence-electron chi connectivity index (χ1n) is 4.51. The highest BCUT2D eigenvalue weighted by Gasteiger charge is 2.02. The van der Waals surface area contributed by atoms with E-state index in [1.165, 1.54) is 30.4 Å². The minimum Gasteiger partial charge on any atom is -0.373 e. The molecule has 2 aromatic rings. The smallest absolute Gasteiger partial charge is 0.251 e. The summed E-state index contributed by atoms with van der Waals surface area (Å²) in [5, 5.41) is 4.13. The van der Waals surface area contributed by atoms with Crippen molar-refractivity contribution >= 4 is 17.6 Å². The lowest BCUT2D eigenvalue weighted by Crippen LogP contribution is -2.05. The Labute approximate surface area is 95.6 Å². The van der Waals surface area contributed by atoms with Crippen LogP contribution in [0.5, 0.6) is 0 Å². The fourth-order valence-electron chi connectivity index (χ4n) is 1.03. The number of anilines is 1. The van der Waals surface area contributed by atoms with E-state index in [0.717, 1.165) is 5.82 Å². The van der Waals surface area contributed by atoms with Gasteiger partial charge in [-0.3, -0.25) is 4.79 Å². The number of hydrogen-bond acceptors (Lipinski definition) is 6. The predicted octanol–water partition coefficient (Wildman–Crippen LogP) is 0.753. The van der Waals surface area contributed by atoms with Crippen molar-refractivity contribution in [3.8, 4) is 0 Å². The van der Waals surface area contributed by atoms with Crippen LogP contribution in [0.15, 0.2) is 39.6 Å². The molecular formula is C9H9N5OS. The van der Waals surface area contributed by atoms with Gasteiger partial charge in [-0.25, -0.2) is 15.0 Å². The zero-order chi connectivity index (χ0) is 11.4. The lowest BCUT2D eigenvalue weighted by Gasteiger charge is -2.01. The van der Waals surface area contributed by atoms with Crippen LogP contribution in [0, 0.1) is 0 Å². The maximum absolute atomic E-state index is 11.0. The SMILES string of the molecule is CNc1cc(Sc2nccc(=O)[nH]2)ncn1. The lowest BCUT2D eigenvalue weighted by atomic mass is 10.6. The largest absolute Gasteiger partial charge is 0.373 e. The molecule has 6 nitrogen and oxygen atoms in total. The van der Waals surface area contributed by atoms with E-state index in [1.807, 2.05) is 0 Å². The molecule has 2 heterocycles. The summed E-state index contributed by atoms with van der Waals surface area (Å²) in [5.41, 5.74) is -0.180. The van der Waals surface area contributed by atoms with Crippen molar-refractivity contribution in [3.63, 3.8) is 0 Å². The van der Waals surface area contributed by atoms with Crippen LogP contribution in [0.2, 0.25) is 0 Å². The van der Waals surface area contributed by atoms with E-state index in [9.17, 15) is 4.79 Å². The van der Waals surface area contributed by atoms with E-state index in [2.05, 4.69) is 25.3 Å². The molecule has 0 saturated carbocycles. The molecule has 82 valence electrons. The van der Waals surface area contributed by atoms with Crippen LogP contribution in [-0.4, -0.2) is 27.0 Å². The third kappa shape index (κ3) is 2.57. The summed E-state index contributed by atoms with van der Waals surface area (Å²) >= 11 is 1.27. The lowest BCUT2D eigenvalue weighted by molar-refractivity contribution is 0.929. The minimum atomic E-state index is -0.180. The van der Waals surface area contributed by atoms with Crippen molar-refractivity contribution in [3.05, 3.63) is 35.0 Å². The van der Waals surface area contributed by atoms with Gasteiger partial charge < -0.3 is 10.3 Å². The molecule has 16 heavy (non-hydrogen) atoms. The van der Waals surface area contributed by atoms with Crippen molar-refractivity contribution < 1.29 is 0 Å². The van der Waals surface area contributed by atoms with Gasteiger partial charge in [-0.2, -0.15) is 0 Å². The fraction of sp³-hybridized carbons (Fsp3) is 0.111. The minimum absolute atomic E-state index is 0.180. The van der Waals surface area contributed by atoms with Gasteiger partial charge in [0.2, 0.25) is 0 Å². The van der Waals surface area contributed by atoms with Gasteiger partial charge in [-0.1, -0.05) is 0 Å². The quantitative estimate of drug-likeness (QED) is 0.603. The van der Waals surface area contributed by atoms with Gasteiger partial charge in [0.05, 0.1) is 0 Å². The molecule has 0 bridgehead atoms.